The first kappa shape index (κ1) is 24.3. The summed E-state index contributed by atoms with van der Waals surface area (Å²) in [7, 11) is -3.94. The summed E-state index contributed by atoms with van der Waals surface area (Å²) in [6.45, 7) is 7.43. The van der Waals surface area contributed by atoms with E-state index in [1.807, 2.05) is 64.1 Å². The maximum Gasteiger partial charge on any atom is 0.264 e. The summed E-state index contributed by atoms with van der Waals surface area (Å²) in [6.07, 6.45) is 0. The third-order valence-corrected chi connectivity index (χ3v) is 7.02. The number of hydrogen-bond donors (Lipinski definition) is 1. The van der Waals surface area contributed by atoms with Gasteiger partial charge in [0.15, 0.2) is 0 Å². The van der Waals surface area contributed by atoms with Gasteiger partial charge in [0.25, 0.3) is 10.0 Å². The lowest BCUT2D eigenvalue weighted by atomic mass is 10.1. The van der Waals surface area contributed by atoms with Crippen molar-refractivity contribution in [2.24, 2.45) is 0 Å². The molecule has 0 fully saturated rings. The van der Waals surface area contributed by atoms with E-state index in [9.17, 15) is 13.2 Å². The highest BCUT2D eigenvalue weighted by atomic mass is 32.2. The van der Waals surface area contributed by atoms with Crippen molar-refractivity contribution in [1.82, 2.24) is 5.32 Å². The summed E-state index contributed by atoms with van der Waals surface area (Å²) in [4.78, 5) is 13.1. The van der Waals surface area contributed by atoms with Crippen LogP contribution in [0.2, 0.25) is 0 Å². The quantitative estimate of drug-likeness (QED) is 0.507. The van der Waals surface area contributed by atoms with Crippen molar-refractivity contribution in [2.75, 3.05) is 17.5 Å². The average molecular weight is 467 g/mol. The minimum atomic E-state index is -3.94. The van der Waals surface area contributed by atoms with Crippen molar-refractivity contribution in [3.05, 3.63) is 89.5 Å². The lowest BCUT2D eigenvalue weighted by Crippen LogP contribution is -2.45. The zero-order valence-corrected chi connectivity index (χ0v) is 20.2. The first-order valence-corrected chi connectivity index (χ1v) is 12.3. The second-order valence-electron chi connectivity index (χ2n) is 8.16. The number of anilines is 1. The van der Waals surface area contributed by atoms with E-state index in [0.717, 1.165) is 22.4 Å². The Morgan fingerprint density at radius 1 is 0.939 bits per heavy atom. The Morgan fingerprint density at radius 3 is 2.30 bits per heavy atom. The summed E-state index contributed by atoms with van der Waals surface area (Å²) in [5.74, 6) is 0.346. The summed E-state index contributed by atoms with van der Waals surface area (Å²) < 4.78 is 34.0. The van der Waals surface area contributed by atoms with Gasteiger partial charge in [-0.2, -0.15) is 0 Å². The molecule has 0 saturated heterocycles. The molecule has 33 heavy (non-hydrogen) atoms. The Kier molecular flexibility index (Phi) is 7.76. The predicted octanol–water partition coefficient (Wildman–Crippen LogP) is 4.39. The number of carbonyl (C=O) groups excluding carboxylic acids is 1. The number of para-hydroxylation sites is 1. The van der Waals surface area contributed by atoms with Crippen LogP contribution in [0.4, 0.5) is 5.69 Å². The molecule has 174 valence electrons. The van der Waals surface area contributed by atoms with E-state index in [0.29, 0.717) is 5.69 Å². The van der Waals surface area contributed by atoms with Crippen molar-refractivity contribution in [2.45, 2.75) is 38.6 Å². The third kappa shape index (κ3) is 6.14. The summed E-state index contributed by atoms with van der Waals surface area (Å²) in [6, 6.07) is 21.0. The highest BCUT2D eigenvalue weighted by Gasteiger charge is 2.28. The molecule has 0 aliphatic rings. The number of ether oxygens (including phenoxy) is 1. The average Bonchev–Trinajstić information content (AvgIpc) is 2.79. The first-order chi connectivity index (χ1) is 15.7. The van der Waals surface area contributed by atoms with Gasteiger partial charge in [-0.1, -0.05) is 48.5 Å². The lowest BCUT2D eigenvalue weighted by molar-refractivity contribution is -0.120. The van der Waals surface area contributed by atoms with E-state index in [-0.39, 0.29) is 24.1 Å². The number of carbonyl (C=O) groups is 1. The number of rotatable bonds is 9. The monoisotopic (exact) mass is 466 g/mol. The first-order valence-electron chi connectivity index (χ1n) is 10.8. The van der Waals surface area contributed by atoms with E-state index < -0.39 is 15.9 Å². The van der Waals surface area contributed by atoms with Crippen LogP contribution in [-0.4, -0.2) is 33.5 Å². The Hall–Kier alpha value is -3.32. The van der Waals surface area contributed by atoms with Gasteiger partial charge < -0.3 is 10.1 Å². The molecule has 0 radical (unpaired) electrons. The molecule has 0 spiro atoms. The molecule has 1 N–H and O–H groups in total. The second kappa shape index (κ2) is 10.5. The van der Waals surface area contributed by atoms with E-state index in [1.165, 1.54) is 16.4 Å². The molecule has 0 aliphatic carbocycles. The zero-order chi connectivity index (χ0) is 24.0. The van der Waals surface area contributed by atoms with Crippen molar-refractivity contribution in [3.63, 3.8) is 0 Å². The van der Waals surface area contributed by atoms with Crippen molar-refractivity contribution in [3.8, 4) is 5.75 Å². The van der Waals surface area contributed by atoms with Crippen molar-refractivity contribution in [1.29, 1.82) is 0 Å². The molecule has 7 heteroatoms. The third-order valence-electron chi connectivity index (χ3n) is 5.24. The maximum absolute atomic E-state index is 13.5. The molecule has 0 aliphatic heterocycles. The van der Waals surface area contributed by atoms with Gasteiger partial charge in [-0.25, -0.2) is 8.42 Å². The van der Waals surface area contributed by atoms with Crippen LogP contribution in [0.15, 0.2) is 77.7 Å². The minimum absolute atomic E-state index is 0.134. The summed E-state index contributed by atoms with van der Waals surface area (Å²) in [5, 5.41) is 2.86. The molecule has 1 amide bonds. The van der Waals surface area contributed by atoms with Crippen LogP contribution >= 0.6 is 0 Å². The van der Waals surface area contributed by atoms with Crippen molar-refractivity contribution >= 4 is 21.6 Å². The van der Waals surface area contributed by atoms with Gasteiger partial charge in [-0.05, 0) is 68.7 Å². The van der Waals surface area contributed by atoms with Crippen LogP contribution in [0.25, 0.3) is 0 Å². The molecule has 0 saturated carbocycles. The van der Waals surface area contributed by atoms with E-state index >= 15 is 0 Å². The minimum Gasteiger partial charge on any atom is -0.491 e. The number of nitrogens with zero attached hydrogens (tertiary/aromatic N) is 1. The Labute approximate surface area is 196 Å². The van der Waals surface area contributed by atoms with Gasteiger partial charge in [0.05, 0.1) is 16.6 Å². The van der Waals surface area contributed by atoms with Crippen molar-refractivity contribution < 1.29 is 17.9 Å². The van der Waals surface area contributed by atoms with Crippen LogP contribution in [0.1, 0.15) is 23.6 Å². The number of amides is 1. The lowest BCUT2D eigenvalue weighted by Gasteiger charge is -2.26. The molecule has 1 unspecified atom stereocenters. The van der Waals surface area contributed by atoms with Gasteiger partial charge in [0.2, 0.25) is 5.91 Å². The van der Waals surface area contributed by atoms with Gasteiger partial charge in [-0.15, -0.1) is 0 Å². The summed E-state index contributed by atoms with van der Waals surface area (Å²) >= 11 is 0. The SMILES string of the molecule is Cc1ccc(C)c(N(CC(=O)NC(C)COc2ccccc2C)S(=O)(=O)c2ccccc2)c1. The molecular weight excluding hydrogens is 436 g/mol. The Balaban J connectivity index is 1.79. The van der Waals surface area contributed by atoms with Crippen LogP contribution < -0.4 is 14.4 Å². The molecular formula is C26H30N2O4S. The van der Waals surface area contributed by atoms with Gasteiger partial charge in [0, 0.05) is 0 Å². The molecule has 0 heterocycles. The zero-order valence-electron chi connectivity index (χ0n) is 19.4. The van der Waals surface area contributed by atoms with Crippen LogP contribution in [0.3, 0.4) is 0 Å². The van der Waals surface area contributed by atoms with E-state index in [1.54, 1.807) is 24.3 Å². The molecule has 6 nitrogen and oxygen atoms in total. The highest BCUT2D eigenvalue weighted by molar-refractivity contribution is 7.92. The van der Waals surface area contributed by atoms with Gasteiger partial charge in [-0.3, -0.25) is 9.10 Å². The number of nitrogens with one attached hydrogen (secondary N) is 1. The topological polar surface area (TPSA) is 75.7 Å². The fraction of sp³-hybridized carbons (Fsp3) is 0.269. The van der Waals surface area contributed by atoms with Gasteiger partial charge >= 0.3 is 0 Å². The fourth-order valence-corrected chi connectivity index (χ4v) is 4.93. The molecule has 1 atom stereocenters. The molecule has 3 aromatic carbocycles. The maximum atomic E-state index is 13.5. The molecule has 0 bridgehead atoms. The largest absolute Gasteiger partial charge is 0.491 e. The number of benzene rings is 3. The van der Waals surface area contributed by atoms with Crippen LogP contribution in [0, 0.1) is 20.8 Å². The number of aryl methyl sites for hydroxylation is 3. The molecule has 3 aromatic rings. The Bertz CT molecular complexity index is 1210. The predicted molar refractivity (Wildman–Crippen MR) is 131 cm³/mol. The number of sulfonamides is 1. The molecule has 0 aromatic heterocycles. The number of hydrogen-bond acceptors (Lipinski definition) is 4. The summed E-state index contributed by atoms with van der Waals surface area (Å²) in [5.41, 5.74) is 3.16. The smallest absolute Gasteiger partial charge is 0.264 e. The fourth-order valence-electron chi connectivity index (χ4n) is 3.43. The highest BCUT2D eigenvalue weighted by Crippen LogP contribution is 2.27. The Morgan fingerprint density at radius 2 is 1.61 bits per heavy atom. The second-order valence-corrected chi connectivity index (χ2v) is 10.0. The van der Waals surface area contributed by atoms with Crippen LogP contribution in [0.5, 0.6) is 5.75 Å². The molecule has 3 rings (SSSR count). The normalized spacial score (nSPS) is 12.1. The van der Waals surface area contributed by atoms with Crippen LogP contribution in [-0.2, 0) is 14.8 Å². The van der Waals surface area contributed by atoms with E-state index in [4.69, 9.17) is 4.74 Å². The van der Waals surface area contributed by atoms with E-state index in [2.05, 4.69) is 5.32 Å². The van der Waals surface area contributed by atoms with Gasteiger partial charge in [0.1, 0.15) is 18.9 Å². The standard InChI is InChI=1S/C26H30N2O4S/c1-19-14-15-20(2)24(16-19)28(33(30,31)23-11-6-5-7-12-23)17-26(29)27-22(4)18-32-25-13-9-8-10-21(25)3/h5-16,22H,17-18H2,1-4H3,(H,27,29).